The Kier molecular flexibility index (Phi) is 3.98. The van der Waals surface area contributed by atoms with Crippen molar-refractivity contribution in [2.45, 2.75) is 20.8 Å². The standard InChI is InChI=1S/C15H15FN2O2/c1-9-8-14(11(3)20-9)15(19)18-17-10(2)12-4-6-13(16)7-5-12/h4-8H,1-3H3,(H,18,19)/b17-10-. The molecule has 2 rings (SSSR count). The van der Waals surface area contributed by atoms with Gasteiger partial charge in [-0.1, -0.05) is 12.1 Å². The predicted octanol–water partition coefficient (Wildman–Crippen LogP) is 3.19. The molecule has 0 spiro atoms. The van der Waals surface area contributed by atoms with Crippen LogP contribution in [0.15, 0.2) is 39.9 Å². The molecule has 0 saturated carbocycles. The molecule has 1 aromatic heterocycles. The molecule has 0 unspecified atom stereocenters. The van der Waals surface area contributed by atoms with Gasteiger partial charge in [0.1, 0.15) is 17.3 Å². The number of nitrogens with zero attached hydrogens (tertiary/aromatic N) is 1. The zero-order valence-electron chi connectivity index (χ0n) is 11.5. The fraction of sp³-hybridized carbons (Fsp3) is 0.200. The van der Waals surface area contributed by atoms with Crippen LogP contribution < -0.4 is 5.43 Å². The highest BCUT2D eigenvalue weighted by Crippen LogP contribution is 2.13. The van der Waals surface area contributed by atoms with Crippen molar-refractivity contribution in [1.29, 1.82) is 0 Å². The van der Waals surface area contributed by atoms with Gasteiger partial charge >= 0.3 is 0 Å². The van der Waals surface area contributed by atoms with E-state index in [1.54, 1.807) is 39.0 Å². The highest BCUT2D eigenvalue weighted by Gasteiger charge is 2.12. The fourth-order valence-electron chi connectivity index (χ4n) is 1.81. The average molecular weight is 274 g/mol. The average Bonchev–Trinajstić information content (AvgIpc) is 2.75. The van der Waals surface area contributed by atoms with Gasteiger partial charge < -0.3 is 4.42 Å². The first-order chi connectivity index (χ1) is 9.47. The lowest BCUT2D eigenvalue weighted by Gasteiger charge is -2.02. The van der Waals surface area contributed by atoms with Gasteiger partial charge in [0.25, 0.3) is 5.91 Å². The van der Waals surface area contributed by atoms with E-state index in [-0.39, 0.29) is 11.7 Å². The number of hydrogen-bond acceptors (Lipinski definition) is 3. The summed E-state index contributed by atoms with van der Waals surface area (Å²) in [6.07, 6.45) is 0. The number of furan rings is 1. The maximum atomic E-state index is 12.8. The normalized spacial score (nSPS) is 11.5. The zero-order chi connectivity index (χ0) is 14.7. The third kappa shape index (κ3) is 3.12. The molecule has 0 aliphatic heterocycles. The van der Waals surface area contributed by atoms with E-state index in [2.05, 4.69) is 10.5 Å². The van der Waals surface area contributed by atoms with Crippen LogP contribution >= 0.6 is 0 Å². The van der Waals surface area contributed by atoms with Crippen LogP contribution in [0.5, 0.6) is 0 Å². The molecule has 0 atom stereocenters. The summed E-state index contributed by atoms with van der Waals surface area (Å²) in [6.45, 7) is 5.23. The summed E-state index contributed by atoms with van der Waals surface area (Å²) in [5, 5.41) is 4.00. The second kappa shape index (κ2) is 5.69. The molecule has 5 heteroatoms. The molecular weight excluding hydrogens is 259 g/mol. The maximum Gasteiger partial charge on any atom is 0.274 e. The minimum absolute atomic E-state index is 0.310. The smallest absolute Gasteiger partial charge is 0.274 e. The number of nitrogens with one attached hydrogen (secondary N) is 1. The first-order valence-electron chi connectivity index (χ1n) is 6.15. The number of hydrogen-bond donors (Lipinski definition) is 1. The van der Waals surface area contributed by atoms with E-state index < -0.39 is 0 Å². The molecule has 0 aliphatic rings. The van der Waals surface area contributed by atoms with Gasteiger partial charge in [-0.15, -0.1) is 0 Å². The van der Waals surface area contributed by atoms with Gasteiger partial charge in [0.05, 0.1) is 11.3 Å². The van der Waals surface area contributed by atoms with E-state index in [1.165, 1.54) is 12.1 Å². The Balaban J connectivity index is 2.10. The third-order valence-corrected chi connectivity index (χ3v) is 2.87. The van der Waals surface area contributed by atoms with Crippen molar-refractivity contribution in [3.05, 3.63) is 58.8 Å². The quantitative estimate of drug-likeness (QED) is 0.690. The van der Waals surface area contributed by atoms with Crippen molar-refractivity contribution in [3.63, 3.8) is 0 Å². The summed E-state index contributed by atoms with van der Waals surface area (Å²) in [4.78, 5) is 11.9. The summed E-state index contributed by atoms with van der Waals surface area (Å²) < 4.78 is 18.1. The second-order valence-electron chi connectivity index (χ2n) is 4.47. The van der Waals surface area contributed by atoms with E-state index >= 15 is 0 Å². The fourth-order valence-corrected chi connectivity index (χ4v) is 1.81. The second-order valence-corrected chi connectivity index (χ2v) is 4.47. The van der Waals surface area contributed by atoms with Gasteiger partial charge in [-0.25, -0.2) is 9.82 Å². The van der Waals surface area contributed by atoms with Crippen molar-refractivity contribution in [2.75, 3.05) is 0 Å². The van der Waals surface area contributed by atoms with Crippen molar-refractivity contribution in [3.8, 4) is 0 Å². The number of hydrazone groups is 1. The minimum Gasteiger partial charge on any atom is -0.466 e. The first kappa shape index (κ1) is 14.0. The van der Waals surface area contributed by atoms with E-state index in [0.717, 1.165) is 5.56 Å². The molecule has 104 valence electrons. The molecule has 0 radical (unpaired) electrons. The molecule has 1 heterocycles. The molecule has 2 aromatic rings. The molecule has 4 nitrogen and oxygen atoms in total. The van der Waals surface area contributed by atoms with E-state index in [4.69, 9.17) is 4.42 Å². The number of carbonyl (C=O) groups excluding carboxylic acids is 1. The number of rotatable bonds is 3. The van der Waals surface area contributed by atoms with Crippen molar-refractivity contribution in [1.82, 2.24) is 5.43 Å². The summed E-state index contributed by atoms with van der Waals surface area (Å²) >= 11 is 0. The molecule has 1 amide bonds. The minimum atomic E-state index is -0.333. The number of amides is 1. The van der Waals surface area contributed by atoms with Crippen LogP contribution in [0.25, 0.3) is 0 Å². The van der Waals surface area contributed by atoms with Crippen LogP contribution in [0.4, 0.5) is 4.39 Å². The molecular formula is C15H15FN2O2. The van der Waals surface area contributed by atoms with Crippen LogP contribution in [0, 0.1) is 19.7 Å². The Morgan fingerprint density at radius 3 is 2.45 bits per heavy atom. The largest absolute Gasteiger partial charge is 0.466 e. The van der Waals surface area contributed by atoms with Crippen molar-refractivity contribution in [2.24, 2.45) is 5.10 Å². The highest BCUT2D eigenvalue weighted by molar-refractivity contribution is 6.01. The van der Waals surface area contributed by atoms with Crippen LogP contribution in [-0.2, 0) is 0 Å². The van der Waals surface area contributed by atoms with Gasteiger partial charge in [0, 0.05) is 0 Å². The SMILES string of the molecule is C/C(=N/NC(=O)c1cc(C)oc1C)c1ccc(F)cc1. The van der Waals surface area contributed by atoms with Gasteiger partial charge in [-0.3, -0.25) is 4.79 Å². The number of aryl methyl sites for hydroxylation is 2. The van der Waals surface area contributed by atoms with Crippen LogP contribution in [0.3, 0.4) is 0 Å². The monoisotopic (exact) mass is 274 g/mol. The summed E-state index contributed by atoms with van der Waals surface area (Å²) in [7, 11) is 0. The van der Waals surface area contributed by atoms with Crippen LogP contribution in [-0.4, -0.2) is 11.6 Å². The Hall–Kier alpha value is -2.43. The van der Waals surface area contributed by atoms with E-state index in [9.17, 15) is 9.18 Å². The van der Waals surface area contributed by atoms with Gasteiger partial charge in [-0.2, -0.15) is 5.10 Å². The van der Waals surface area contributed by atoms with Gasteiger partial charge in [0.2, 0.25) is 0 Å². The molecule has 20 heavy (non-hydrogen) atoms. The first-order valence-corrected chi connectivity index (χ1v) is 6.15. The third-order valence-electron chi connectivity index (χ3n) is 2.87. The van der Waals surface area contributed by atoms with Gasteiger partial charge in [-0.05, 0) is 44.5 Å². The molecule has 0 bridgehead atoms. The Morgan fingerprint density at radius 1 is 1.25 bits per heavy atom. The lowest BCUT2D eigenvalue weighted by molar-refractivity contribution is 0.0953. The molecule has 0 aliphatic carbocycles. The highest BCUT2D eigenvalue weighted by atomic mass is 19.1. The topological polar surface area (TPSA) is 54.6 Å². The number of carbonyl (C=O) groups is 1. The maximum absolute atomic E-state index is 12.8. The summed E-state index contributed by atoms with van der Waals surface area (Å²) in [5.41, 5.74) is 4.25. The lowest BCUT2D eigenvalue weighted by Crippen LogP contribution is -2.19. The zero-order valence-corrected chi connectivity index (χ0v) is 11.5. The number of halogens is 1. The lowest BCUT2D eigenvalue weighted by atomic mass is 10.1. The molecule has 0 fully saturated rings. The van der Waals surface area contributed by atoms with Crippen molar-refractivity contribution < 1.29 is 13.6 Å². The van der Waals surface area contributed by atoms with Crippen molar-refractivity contribution >= 4 is 11.6 Å². The predicted molar refractivity (Wildman–Crippen MR) is 74.3 cm³/mol. The molecule has 0 saturated heterocycles. The Morgan fingerprint density at radius 2 is 1.90 bits per heavy atom. The van der Waals surface area contributed by atoms with Gasteiger partial charge in [0.15, 0.2) is 0 Å². The summed E-state index contributed by atoms with van der Waals surface area (Å²) in [5.74, 6) is 0.581. The Labute approximate surface area is 116 Å². The van der Waals surface area contributed by atoms with E-state index in [1.807, 2.05) is 0 Å². The van der Waals surface area contributed by atoms with E-state index in [0.29, 0.717) is 22.8 Å². The van der Waals surface area contributed by atoms with Crippen LogP contribution in [0.1, 0.15) is 34.4 Å². The summed E-state index contributed by atoms with van der Waals surface area (Å²) in [6, 6.07) is 7.56. The molecule has 1 aromatic carbocycles. The Bertz CT molecular complexity index is 657. The van der Waals surface area contributed by atoms with Crippen LogP contribution in [0.2, 0.25) is 0 Å². The number of benzene rings is 1. The molecule has 1 N–H and O–H groups in total.